The number of ether oxygens (including phenoxy) is 2. The first-order valence-electron chi connectivity index (χ1n) is 11.9. The smallest absolute Gasteiger partial charge is 0.191 e. The van der Waals surface area contributed by atoms with Crippen LogP contribution in [0.1, 0.15) is 63.9 Å². The SMILES string of the molecule is CCS(=O)C1CCCC(NC(=NC)NCC2(c3ccc4c(c3)OCCO4)CCCC2)C1. The molecule has 1 aromatic carbocycles. The summed E-state index contributed by atoms with van der Waals surface area (Å²) in [5.41, 5.74) is 1.42. The number of nitrogens with one attached hydrogen (secondary N) is 2. The Kier molecular flexibility index (Phi) is 7.41. The fourth-order valence-electron chi connectivity index (χ4n) is 5.38. The average Bonchev–Trinajstić information content (AvgIpc) is 3.31. The standard InChI is InChI=1S/C24H37N3O3S/c1-3-31(28)20-8-6-7-19(16-20)27-23(25-2)26-17-24(11-4-5-12-24)18-9-10-21-22(15-18)30-14-13-29-21/h9-10,15,19-20H,3-8,11-14,16-17H2,1-2H3,(H2,25,26,27). The zero-order chi connectivity index (χ0) is 21.7. The lowest BCUT2D eigenvalue weighted by Crippen LogP contribution is -2.49. The van der Waals surface area contributed by atoms with E-state index >= 15 is 0 Å². The van der Waals surface area contributed by atoms with Gasteiger partial charge in [-0.2, -0.15) is 0 Å². The normalized spacial score (nSPS) is 26.3. The second-order valence-corrected chi connectivity index (χ2v) is 11.1. The molecule has 0 bridgehead atoms. The van der Waals surface area contributed by atoms with Crippen molar-refractivity contribution >= 4 is 16.8 Å². The molecule has 3 aliphatic rings. The van der Waals surface area contributed by atoms with Gasteiger partial charge in [-0.15, -0.1) is 0 Å². The Hall–Kier alpha value is -1.76. The summed E-state index contributed by atoms with van der Waals surface area (Å²) in [6, 6.07) is 6.80. The molecule has 6 nitrogen and oxygen atoms in total. The van der Waals surface area contributed by atoms with Gasteiger partial charge < -0.3 is 20.1 Å². The summed E-state index contributed by atoms with van der Waals surface area (Å²) >= 11 is 0. The van der Waals surface area contributed by atoms with E-state index < -0.39 is 10.8 Å². The van der Waals surface area contributed by atoms with Gasteiger partial charge in [0.2, 0.25) is 0 Å². The molecule has 0 spiro atoms. The van der Waals surface area contributed by atoms with E-state index in [0.29, 0.717) is 24.5 Å². The van der Waals surface area contributed by atoms with Gasteiger partial charge in [-0.05, 0) is 49.8 Å². The molecule has 31 heavy (non-hydrogen) atoms. The summed E-state index contributed by atoms with van der Waals surface area (Å²) < 4.78 is 23.9. The number of aliphatic imine (C=N–C) groups is 1. The van der Waals surface area contributed by atoms with Crippen LogP contribution in [0.2, 0.25) is 0 Å². The van der Waals surface area contributed by atoms with Crippen LogP contribution in [0, 0.1) is 0 Å². The third-order valence-corrected chi connectivity index (χ3v) is 8.90. The zero-order valence-electron chi connectivity index (χ0n) is 19.0. The maximum absolute atomic E-state index is 12.3. The number of nitrogens with zero attached hydrogens (tertiary/aromatic N) is 1. The minimum absolute atomic E-state index is 0.0895. The molecular weight excluding hydrogens is 410 g/mol. The van der Waals surface area contributed by atoms with Crippen molar-refractivity contribution < 1.29 is 13.7 Å². The largest absolute Gasteiger partial charge is 0.486 e. The van der Waals surface area contributed by atoms with Gasteiger partial charge in [0.25, 0.3) is 0 Å². The highest BCUT2D eigenvalue weighted by atomic mass is 32.2. The van der Waals surface area contributed by atoms with Crippen molar-refractivity contribution in [3.8, 4) is 11.5 Å². The molecule has 1 aliphatic heterocycles. The van der Waals surface area contributed by atoms with E-state index in [1.54, 1.807) is 0 Å². The van der Waals surface area contributed by atoms with Crippen LogP contribution < -0.4 is 20.1 Å². The van der Waals surface area contributed by atoms with Crippen LogP contribution in [-0.2, 0) is 16.2 Å². The fourth-order valence-corrected chi connectivity index (χ4v) is 6.73. The van der Waals surface area contributed by atoms with E-state index in [4.69, 9.17) is 9.47 Å². The van der Waals surface area contributed by atoms with Crippen LogP contribution in [0.4, 0.5) is 0 Å². The first kappa shape index (κ1) is 22.4. The topological polar surface area (TPSA) is 72.0 Å². The molecule has 2 N–H and O–H groups in total. The first-order valence-corrected chi connectivity index (χ1v) is 13.3. The summed E-state index contributed by atoms with van der Waals surface area (Å²) in [6.45, 7) is 4.11. The van der Waals surface area contributed by atoms with Gasteiger partial charge in [-0.1, -0.05) is 32.3 Å². The molecule has 7 heteroatoms. The maximum atomic E-state index is 12.3. The Morgan fingerprint density at radius 2 is 1.94 bits per heavy atom. The van der Waals surface area contributed by atoms with Crippen molar-refractivity contribution in [2.75, 3.05) is 32.6 Å². The number of benzene rings is 1. The Morgan fingerprint density at radius 1 is 1.16 bits per heavy atom. The van der Waals surface area contributed by atoms with Crippen LogP contribution in [0.3, 0.4) is 0 Å². The van der Waals surface area contributed by atoms with E-state index in [9.17, 15) is 4.21 Å². The fraction of sp³-hybridized carbons (Fsp3) is 0.708. The van der Waals surface area contributed by atoms with Crippen molar-refractivity contribution in [2.45, 2.75) is 75.0 Å². The second-order valence-electron chi connectivity index (χ2n) is 9.07. The molecule has 2 saturated carbocycles. The lowest BCUT2D eigenvalue weighted by Gasteiger charge is -2.34. The molecule has 2 aliphatic carbocycles. The first-order chi connectivity index (χ1) is 15.1. The van der Waals surface area contributed by atoms with Gasteiger partial charge in [-0.25, -0.2) is 0 Å². The molecule has 3 unspecified atom stereocenters. The number of rotatable bonds is 6. The predicted octanol–water partition coefficient (Wildman–Crippen LogP) is 3.51. The zero-order valence-corrected chi connectivity index (χ0v) is 19.8. The van der Waals surface area contributed by atoms with Gasteiger partial charge in [0, 0.05) is 46.9 Å². The summed E-state index contributed by atoms with van der Waals surface area (Å²) in [7, 11) is 1.13. The molecular formula is C24H37N3O3S. The highest BCUT2D eigenvalue weighted by molar-refractivity contribution is 7.85. The quantitative estimate of drug-likeness (QED) is 0.516. The van der Waals surface area contributed by atoms with E-state index in [1.807, 2.05) is 14.0 Å². The van der Waals surface area contributed by atoms with Gasteiger partial charge in [0.1, 0.15) is 13.2 Å². The van der Waals surface area contributed by atoms with Gasteiger partial charge >= 0.3 is 0 Å². The summed E-state index contributed by atoms with van der Waals surface area (Å²) in [4.78, 5) is 4.50. The van der Waals surface area contributed by atoms with Crippen LogP contribution in [0.25, 0.3) is 0 Å². The van der Waals surface area contributed by atoms with E-state index in [-0.39, 0.29) is 5.41 Å². The molecule has 172 valence electrons. The Morgan fingerprint density at radius 3 is 2.68 bits per heavy atom. The molecule has 1 heterocycles. The van der Waals surface area contributed by atoms with Gasteiger partial charge in [-0.3, -0.25) is 9.20 Å². The van der Waals surface area contributed by atoms with E-state index in [1.165, 1.54) is 18.4 Å². The molecule has 2 fully saturated rings. The molecule has 0 aromatic heterocycles. The molecule has 0 amide bonds. The van der Waals surface area contributed by atoms with Crippen molar-refractivity contribution in [2.24, 2.45) is 4.99 Å². The molecule has 4 rings (SSSR count). The Bertz CT molecular complexity index is 807. The molecule has 1 aromatic rings. The van der Waals surface area contributed by atoms with Crippen molar-refractivity contribution in [1.29, 1.82) is 0 Å². The van der Waals surface area contributed by atoms with Crippen molar-refractivity contribution in [1.82, 2.24) is 10.6 Å². The van der Waals surface area contributed by atoms with E-state index in [2.05, 4.69) is 33.8 Å². The highest BCUT2D eigenvalue weighted by Gasteiger charge is 2.37. The highest BCUT2D eigenvalue weighted by Crippen LogP contribution is 2.43. The summed E-state index contributed by atoms with van der Waals surface area (Å²) in [5.74, 6) is 3.33. The lowest BCUT2D eigenvalue weighted by atomic mass is 9.78. The minimum atomic E-state index is -0.712. The predicted molar refractivity (Wildman–Crippen MR) is 127 cm³/mol. The lowest BCUT2D eigenvalue weighted by molar-refractivity contribution is 0.171. The number of hydrogen-bond acceptors (Lipinski definition) is 4. The maximum Gasteiger partial charge on any atom is 0.191 e. The molecule has 3 atom stereocenters. The third kappa shape index (κ3) is 5.18. The van der Waals surface area contributed by atoms with Gasteiger partial charge in [0.05, 0.1) is 0 Å². The van der Waals surface area contributed by atoms with Crippen LogP contribution in [0.5, 0.6) is 11.5 Å². The number of fused-ring (bicyclic) bond motifs is 1. The van der Waals surface area contributed by atoms with Gasteiger partial charge in [0.15, 0.2) is 17.5 Å². The molecule has 0 radical (unpaired) electrons. The van der Waals surface area contributed by atoms with Crippen LogP contribution >= 0.6 is 0 Å². The average molecular weight is 448 g/mol. The monoisotopic (exact) mass is 447 g/mol. The third-order valence-electron chi connectivity index (χ3n) is 7.16. The van der Waals surface area contributed by atoms with E-state index in [0.717, 1.165) is 68.3 Å². The second kappa shape index (κ2) is 10.2. The Labute approximate surface area is 189 Å². The minimum Gasteiger partial charge on any atom is -0.486 e. The summed E-state index contributed by atoms with van der Waals surface area (Å²) in [5, 5.41) is 7.56. The van der Waals surface area contributed by atoms with Crippen molar-refractivity contribution in [3.63, 3.8) is 0 Å². The number of guanidine groups is 1. The number of hydrogen-bond donors (Lipinski definition) is 2. The Balaban J connectivity index is 1.41. The van der Waals surface area contributed by atoms with Crippen LogP contribution in [-0.4, -0.2) is 54.0 Å². The molecule has 0 saturated heterocycles. The van der Waals surface area contributed by atoms with Crippen molar-refractivity contribution in [3.05, 3.63) is 23.8 Å². The summed E-state index contributed by atoms with van der Waals surface area (Å²) in [6.07, 6.45) is 9.11. The van der Waals surface area contributed by atoms with Crippen LogP contribution in [0.15, 0.2) is 23.2 Å².